The van der Waals surface area contributed by atoms with E-state index in [-0.39, 0.29) is 0 Å². The monoisotopic (exact) mass is 337 g/mol. The van der Waals surface area contributed by atoms with E-state index in [9.17, 15) is 4.79 Å². The summed E-state index contributed by atoms with van der Waals surface area (Å²) in [5, 5.41) is 2.80. The second kappa shape index (κ2) is 6.41. The van der Waals surface area contributed by atoms with Crippen molar-refractivity contribution in [1.29, 1.82) is 0 Å². The van der Waals surface area contributed by atoms with Crippen LogP contribution in [0.3, 0.4) is 0 Å². The Morgan fingerprint density at radius 2 is 2.08 bits per heavy atom. The van der Waals surface area contributed by atoms with Crippen LogP contribution in [-0.4, -0.2) is 30.8 Å². The summed E-state index contributed by atoms with van der Waals surface area (Å²) in [6.07, 6.45) is 2.50. The average Bonchev–Trinajstić information content (AvgIpc) is 3.05. The van der Waals surface area contributed by atoms with Crippen LogP contribution in [0.25, 0.3) is 0 Å². The van der Waals surface area contributed by atoms with Crippen molar-refractivity contribution in [2.75, 3.05) is 23.8 Å². The molecule has 1 unspecified atom stereocenters. The summed E-state index contributed by atoms with van der Waals surface area (Å²) in [4.78, 5) is 17.0. The Morgan fingerprint density at radius 3 is 2.92 bits per heavy atom. The van der Waals surface area contributed by atoms with Gasteiger partial charge in [0, 0.05) is 31.5 Å². The molecule has 1 atom stereocenters. The zero-order valence-corrected chi connectivity index (χ0v) is 14.7. The van der Waals surface area contributed by atoms with E-state index in [2.05, 4.69) is 28.2 Å². The largest absolute Gasteiger partial charge is 0.417 e. The first-order valence-corrected chi connectivity index (χ1v) is 8.76. The van der Waals surface area contributed by atoms with Gasteiger partial charge in [-0.2, -0.15) is 0 Å². The molecule has 4 rings (SSSR count). The number of fused-ring (bicyclic) bond motifs is 2. The van der Waals surface area contributed by atoms with Crippen LogP contribution in [0.4, 0.5) is 16.2 Å². The number of carbonyl (C=O) groups excluding carboxylic acids is 1. The van der Waals surface area contributed by atoms with Gasteiger partial charge in [0.25, 0.3) is 0 Å². The van der Waals surface area contributed by atoms with Gasteiger partial charge in [0.2, 0.25) is 0 Å². The smallest absolute Gasteiger partial charge is 0.410 e. The molecule has 0 aliphatic carbocycles. The molecule has 2 aromatic rings. The van der Waals surface area contributed by atoms with Crippen LogP contribution >= 0.6 is 0 Å². The van der Waals surface area contributed by atoms with Gasteiger partial charge in [0.1, 0.15) is 5.75 Å². The van der Waals surface area contributed by atoms with E-state index in [4.69, 9.17) is 4.74 Å². The molecule has 25 heavy (non-hydrogen) atoms. The van der Waals surface area contributed by atoms with Crippen LogP contribution < -0.4 is 15.0 Å². The van der Waals surface area contributed by atoms with Gasteiger partial charge in [-0.05, 0) is 55.2 Å². The van der Waals surface area contributed by atoms with Crippen molar-refractivity contribution in [3.05, 3.63) is 53.6 Å². The minimum atomic E-state index is -0.461. The molecule has 2 aromatic carbocycles. The van der Waals surface area contributed by atoms with E-state index < -0.39 is 6.09 Å². The normalized spacial score (nSPS) is 19.3. The third-order valence-electron chi connectivity index (χ3n) is 5.17. The molecule has 2 aliphatic rings. The molecule has 2 aliphatic heterocycles. The standard InChI is InChI=1S/C20H23N3O2/c1-14-6-3-4-7-17(14)21-20(24)25-16-9-10-18-15(12-16)13-23-11-5-8-19(23)22(18)2/h3-4,6-7,9-10,12,19H,5,8,11,13H2,1-2H3,(H,21,24). The van der Waals surface area contributed by atoms with Crippen LogP contribution in [-0.2, 0) is 6.54 Å². The van der Waals surface area contributed by atoms with Gasteiger partial charge in [-0.1, -0.05) is 18.2 Å². The SMILES string of the molecule is Cc1ccccc1NC(=O)Oc1ccc2c(c1)CN1CCCC1N2C. The molecule has 1 saturated heterocycles. The summed E-state index contributed by atoms with van der Waals surface area (Å²) in [6.45, 7) is 4.01. The fourth-order valence-corrected chi connectivity index (χ4v) is 3.86. The van der Waals surface area contributed by atoms with Crippen molar-refractivity contribution < 1.29 is 9.53 Å². The van der Waals surface area contributed by atoms with Gasteiger partial charge in [-0.15, -0.1) is 0 Å². The Hall–Kier alpha value is -2.53. The predicted octanol–water partition coefficient (Wildman–Crippen LogP) is 3.98. The fourth-order valence-electron chi connectivity index (χ4n) is 3.86. The molecule has 0 bridgehead atoms. The topological polar surface area (TPSA) is 44.8 Å². The van der Waals surface area contributed by atoms with Crippen LogP contribution in [0.2, 0.25) is 0 Å². The number of hydrogen-bond donors (Lipinski definition) is 1. The minimum Gasteiger partial charge on any atom is -0.410 e. The van der Waals surface area contributed by atoms with E-state index in [1.807, 2.05) is 43.3 Å². The van der Waals surface area contributed by atoms with E-state index in [0.29, 0.717) is 11.9 Å². The molecular weight excluding hydrogens is 314 g/mol. The van der Waals surface area contributed by atoms with Crippen molar-refractivity contribution in [3.8, 4) is 5.75 Å². The molecule has 0 aromatic heterocycles. The van der Waals surface area contributed by atoms with Gasteiger partial charge in [-0.25, -0.2) is 4.79 Å². The Kier molecular flexibility index (Phi) is 4.09. The highest BCUT2D eigenvalue weighted by Gasteiger charge is 2.33. The Morgan fingerprint density at radius 1 is 1.24 bits per heavy atom. The summed E-state index contributed by atoms with van der Waals surface area (Å²) in [5.74, 6) is 0.580. The first-order valence-electron chi connectivity index (χ1n) is 8.76. The van der Waals surface area contributed by atoms with Crippen molar-refractivity contribution in [3.63, 3.8) is 0 Å². The predicted molar refractivity (Wildman–Crippen MR) is 99.1 cm³/mol. The molecule has 0 radical (unpaired) electrons. The van der Waals surface area contributed by atoms with E-state index in [1.54, 1.807) is 0 Å². The number of hydrogen-bond acceptors (Lipinski definition) is 4. The Balaban J connectivity index is 1.49. The maximum absolute atomic E-state index is 12.2. The fraction of sp³-hybridized carbons (Fsp3) is 0.350. The van der Waals surface area contributed by atoms with Crippen molar-refractivity contribution >= 4 is 17.5 Å². The third kappa shape index (κ3) is 3.07. The maximum Gasteiger partial charge on any atom is 0.417 e. The van der Waals surface area contributed by atoms with Crippen molar-refractivity contribution in [2.24, 2.45) is 0 Å². The zero-order chi connectivity index (χ0) is 17.4. The Labute approximate surface area is 148 Å². The molecule has 5 nitrogen and oxygen atoms in total. The van der Waals surface area contributed by atoms with E-state index in [1.165, 1.54) is 24.1 Å². The molecule has 2 heterocycles. The van der Waals surface area contributed by atoms with Crippen LogP contribution in [0, 0.1) is 6.92 Å². The van der Waals surface area contributed by atoms with Crippen LogP contribution in [0.15, 0.2) is 42.5 Å². The number of nitrogens with zero attached hydrogens (tertiary/aromatic N) is 2. The third-order valence-corrected chi connectivity index (χ3v) is 5.17. The highest BCUT2D eigenvalue weighted by molar-refractivity contribution is 5.87. The number of amides is 1. The lowest BCUT2D eigenvalue weighted by molar-refractivity contribution is 0.214. The number of ether oxygens (including phenoxy) is 1. The van der Waals surface area contributed by atoms with Gasteiger partial charge >= 0.3 is 6.09 Å². The number of aryl methyl sites for hydroxylation is 1. The first kappa shape index (κ1) is 16.0. The maximum atomic E-state index is 12.2. The van der Waals surface area contributed by atoms with Gasteiger partial charge < -0.3 is 9.64 Å². The van der Waals surface area contributed by atoms with E-state index in [0.717, 1.165) is 24.3 Å². The number of benzene rings is 2. The molecule has 130 valence electrons. The number of rotatable bonds is 2. The average molecular weight is 337 g/mol. The molecule has 1 N–H and O–H groups in total. The lowest BCUT2D eigenvalue weighted by Gasteiger charge is -2.40. The molecule has 1 fully saturated rings. The number of carbonyl (C=O) groups is 1. The highest BCUT2D eigenvalue weighted by Crippen LogP contribution is 2.36. The van der Waals surface area contributed by atoms with Crippen LogP contribution in [0.5, 0.6) is 5.75 Å². The molecule has 0 spiro atoms. The zero-order valence-electron chi connectivity index (χ0n) is 14.7. The molecule has 1 amide bonds. The lowest BCUT2D eigenvalue weighted by Crippen LogP contribution is -2.46. The second-order valence-electron chi connectivity index (χ2n) is 6.82. The number of para-hydroxylation sites is 1. The summed E-state index contributed by atoms with van der Waals surface area (Å²) in [7, 11) is 2.15. The van der Waals surface area contributed by atoms with E-state index >= 15 is 0 Å². The number of nitrogens with one attached hydrogen (secondary N) is 1. The van der Waals surface area contributed by atoms with Crippen LogP contribution in [0.1, 0.15) is 24.0 Å². The molecule has 5 heteroatoms. The van der Waals surface area contributed by atoms with Crippen molar-refractivity contribution in [2.45, 2.75) is 32.5 Å². The second-order valence-corrected chi connectivity index (χ2v) is 6.82. The van der Waals surface area contributed by atoms with Gasteiger partial charge in [0.15, 0.2) is 0 Å². The molecule has 0 saturated carbocycles. The van der Waals surface area contributed by atoms with Crippen molar-refractivity contribution in [1.82, 2.24) is 4.90 Å². The summed E-state index contributed by atoms with van der Waals surface area (Å²) < 4.78 is 5.50. The molecular formula is C20H23N3O2. The summed E-state index contributed by atoms with van der Waals surface area (Å²) in [5.41, 5.74) is 4.22. The van der Waals surface area contributed by atoms with Gasteiger partial charge in [-0.3, -0.25) is 10.2 Å². The quantitative estimate of drug-likeness (QED) is 0.900. The first-order chi connectivity index (χ1) is 12.1. The minimum absolute atomic E-state index is 0.461. The lowest BCUT2D eigenvalue weighted by atomic mass is 10.1. The Bertz CT molecular complexity index is 805. The summed E-state index contributed by atoms with van der Waals surface area (Å²) in [6, 6.07) is 13.6. The number of anilines is 2. The van der Waals surface area contributed by atoms with Gasteiger partial charge in [0.05, 0.1) is 6.17 Å². The highest BCUT2D eigenvalue weighted by atomic mass is 16.6. The summed E-state index contributed by atoms with van der Waals surface area (Å²) >= 11 is 0.